The molecular weight excluding hydrogens is 340 g/mol. The lowest BCUT2D eigenvalue weighted by atomic mass is 9.94. The second kappa shape index (κ2) is 7.08. The van der Waals surface area contributed by atoms with Crippen molar-refractivity contribution in [3.8, 4) is 0 Å². The van der Waals surface area contributed by atoms with E-state index in [0.29, 0.717) is 0 Å². The molecule has 1 saturated carbocycles. The zero-order valence-corrected chi connectivity index (χ0v) is 16.8. The topological polar surface area (TPSA) is 32.3 Å². The van der Waals surface area contributed by atoms with E-state index in [2.05, 4.69) is 16.7 Å². The molecule has 0 bridgehead atoms. The van der Waals surface area contributed by atoms with E-state index in [9.17, 15) is 0 Å². The SMILES string of the molecule is CCc1nc(N2CCN(C3CCCCC3)CC2)c2c3c(sc2n1)CCC3. The predicted octanol–water partition coefficient (Wildman–Crippen LogP) is 4.20. The average Bonchev–Trinajstić information content (AvgIpc) is 3.29. The Morgan fingerprint density at radius 1 is 0.962 bits per heavy atom. The Morgan fingerprint density at radius 2 is 1.77 bits per heavy atom. The summed E-state index contributed by atoms with van der Waals surface area (Å²) in [4.78, 5) is 18.0. The molecule has 2 fully saturated rings. The minimum atomic E-state index is 0.841. The van der Waals surface area contributed by atoms with Crippen molar-refractivity contribution in [3.05, 3.63) is 16.3 Å². The largest absolute Gasteiger partial charge is 0.353 e. The number of aromatic nitrogens is 2. The molecule has 0 radical (unpaired) electrons. The number of nitrogens with zero attached hydrogens (tertiary/aromatic N) is 4. The molecule has 26 heavy (non-hydrogen) atoms. The number of hydrogen-bond acceptors (Lipinski definition) is 5. The smallest absolute Gasteiger partial charge is 0.141 e. The molecule has 0 amide bonds. The summed E-state index contributed by atoms with van der Waals surface area (Å²) < 4.78 is 0. The van der Waals surface area contributed by atoms with E-state index in [1.807, 2.05) is 11.3 Å². The first kappa shape index (κ1) is 16.9. The van der Waals surface area contributed by atoms with Gasteiger partial charge in [0.2, 0.25) is 0 Å². The maximum absolute atomic E-state index is 5.03. The van der Waals surface area contributed by atoms with E-state index in [0.717, 1.165) is 31.4 Å². The highest BCUT2D eigenvalue weighted by atomic mass is 32.1. The van der Waals surface area contributed by atoms with Crippen molar-refractivity contribution in [3.63, 3.8) is 0 Å². The van der Waals surface area contributed by atoms with Crippen LogP contribution in [-0.4, -0.2) is 47.1 Å². The number of aryl methyl sites for hydroxylation is 3. The van der Waals surface area contributed by atoms with Crippen LogP contribution in [0.25, 0.3) is 10.2 Å². The van der Waals surface area contributed by atoms with E-state index in [4.69, 9.17) is 9.97 Å². The first-order chi connectivity index (χ1) is 12.8. The van der Waals surface area contributed by atoms with Crippen LogP contribution in [0.4, 0.5) is 5.82 Å². The van der Waals surface area contributed by atoms with Crippen molar-refractivity contribution in [2.24, 2.45) is 0 Å². The second-order valence-electron chi connectivity index (χ2n) is 8.17. The summed E-state index contributed by atoms with van der Waals surface area (Å²) in [5.74, 6) is 2.26. The first-order valence-corrected chi connectivity index (χ1v) is 11.5. The lowest BCUT2D eigenvalue weighted by Crippen LogP contribution is -2.51. The van der Waals surface area contributed by atoms with Gasteiger partial charge in [0.1, 0.15) is 16.5 Å². The third kappa shape index (κ3) is 2.93. The predicted molar refractivity (Wildman–Crippen MR) is 109 cm³/mol. The van der Waals surface area contributed by atoms with Crippen LogP contribution in [0.5, 0.6) is 0 Å². The van der Waals surface area contributed by atoms with Gasteiger partial charge in [-0.3, -0.25) is 4.90 Å². The molecule has 5 rings (SSSR count). The number of fused-ring (bicyclic) bond motifs is 3. The Kier molecular flexibility index (Phi) is 4.61. The van der Waals surface area contributed by atoms with Crippen LogP contribution in [0.3, 0.4) is 0 Å². The summed E-state index contributed by atoms with van der Waals surface area (Å²) in [6.07, 6.45) is 11.8. The number of hydrogen-bond donors (Lipinski definition) is 0. The van der Waals surface area contributed by atoms with Crippen LogP contribution in [0.15, 0.2) is 0 Å². The third-order valence-corrected chi connectivity index (χ3v) is 7.80. The second-order valence-corrected chi connectivity index (χ2v) is 9.25. The molecule has 140 valence electrons. The van der Waals surface area contributed by atoms with E-state index >= 15 is 0 Å². The molecule has 0 aromatic carbocycles. The molecule has 1 aliphatic heterocycles. The lowest BCUT2D eigenvalue weighted by molar-refractivity contribution is 0.148. The Balaban J connectivity index is 1.42. The minimum Gasteiger partial charge on any atom is -0.353 e. The maximum atomic E-state index is 5.03. The third-order valence-electron chi connectivity index (χ3n) is 6.61. The fourth-order valence-electron chi connectivity index (χ4n) is 5.15. The van der Waals surface area contributed by atoms with Crippen LogP contribution in [0.1, 0.15) is 61.7 Å². The molecule has 2 aromatic heterocycles. The van der Waals surface area contributed by atoms with E-state index in [1.54, 1.807) is 10.4 Å². The molecule has 3 aliphatic rings. The van der Waals surface area contributed by atoms with Gasteiger partial charge in [-0.25, -0.2) is 9.97 Å². The summed E-state index contributed by atoms with van der Waals surface area (Å²) >= 11 is 1.93. The van der Waals surface area contributed by atoms with Gasteiger partial charge in [-0.2, -0.15) is 0 Å². The Bertz CT molecular complexity index is 785. The number of thiophene rings is 1. The molecule has 2 aliphatic carbocycles. The van der Waals surface area contributed by atoms with Crippen LogP contribution in [0, 0.1) is 0 Å². The average molecular weight is 371 g/mol. The first-order valence-electron chi connectivity index (χ1n) is 10.6. The molecule has 4 nitrogen and oxygen atoms in total. The van der Waals surface area contributed by atoms with Gasteiger partial charge in [-0.05, 0) is 37.7 Å². The summed E-state index contributed by atoms with van der Waals surface area (Å²) in [6.45, 7) is 6.81. The van der Waals surface area contributed by atoms with Gasteiger partial charge >= 0.3 is 0 Å². The monoisotopic (exact) mass is 370 g/mol. The molecule has 0 atom stereocenters. The molecule has 1 saturated heterocycles. The van der Waals surface area contributed by atoms with Crippen LogP contribution in [-0.2, 0) is 19.3 Å². The van der Waals surface area contributed by atoms with Crippen molar-refractivity contribution >= 4 is 27.4 Å². The van der Waals surface area contributed by atoms with Gasteiger partial charge in [-0.1, -0.05) is 26.2 Å². The van der Waals surface area contributed by atoms with Gasteiger partial charge in [0.05, 0.1) is 5.39 Å². The van der Waals surface area contributed by atoms with E-state index < -0.39 is 0 Å². The lowest BCUT2D eigenvalue weighted by Gasteiger charge is -2.41. The van der Waals surface area contributed by atoms with Gasteiger partial charge in [0.15, 0.2) is 0 Å². The number of anilines is 1. The fraction of sp³-hybridized carbons (Fsp3) is 0.714. The molecule has 0 spiro atoms. The van der Waals surface area contributed by atoms with Crippen LogP contribution < -0.4 is 4.90 Å². The summed E-state index contributed by atoms with van der Waals surface area (Å²) in [6, 6.07) is 0.841. The normalized spacial score (nSPS) is 22.3. The number of piperazine rings is 1. The maximum Gasteiger partial charge on any atom is 0.141 e. The highest BCUT2D eigenvalue weighted by Crippen LogP contribution is 2.41. The Morgan fingerprint density at radius 3 is 2.54 bits per heavy atom. The number of rotatable bonds is 3. The van der Waals surface area contributed by atoms with E-state index in [1.165, 1.54) is 80.5 Å². The molecule has 0 N–H and O–H groups in total. The van der Waals surface area contributed by atoms with Crippen LogP contribution in [0.2, 0.25) is 0 Å². The quantitative estimate of drug-likeness (QED) is 0.811. The van der Waals surface area contributed by atoms with Crippen molar-refractivity contribution < 1.29 is 0 Å². The Hall–Kier alpha value is -1.20. The molecule has 0 unspecified atom stereocenters. The van der Waals surface area contributed by atoms with E-state index in [-0.39, 0.29) is 0 Å². The van der Waals surface area contributed by atoms with Gasteiger partial charge in [0, 0.05) is 43.5 Å². The van der Waals surface area contributed by atoms with Gasteiger partial charge in [0.25, 0.3) is 0 Å². The van der Waals surface area contributed by atoms with Crippen molar-refractivity contribution in [1.82, 2.24) is 14.9 Å². The highest BCUT2D eigenvalue weighted by Gasteiger charge is 2.29. The zero-order chi connectivity index (χ0) is 17.5. The van der Waals surface area contributed by atoms with Crippen LogP contribution >= 0.6 is 11.3 Å². The summed E-state index contributed by atoms with van der Waals surface area (Å²) in [5.41, 5.74) is 1.57. The van der Waals surface area contributed by atoms with Gasteiger partial charge in [-0.15, -0.1) is 11.3 Å². The fourth-order valence-corrected chi connectivity index (χ4v) is 6.43. The summed E-state index contributed by atoms with van der Waals surface area (Å²) in [7, 11) is 0. The molecular formula is C21H30N4S. The molecule has 3 heterocycles. The van der Waals surface area contributed by atoms with Crippen molar-refractivity contribution in [1.29, 1.82) is 0 Å². The molecule has 5 heteroatoms. The Labute approximate surface area is 160 Å². The van der Waals surface area contributed by atoms with Gasteiger partial charge < -0.3 is 4.90 Å². The standard InChI is InChI=1S/C21H30N4S/c1-2-18-22-20(19-16-9-6-10-17(16)26-21(19)23-18)25-13-11-24(12-14-25)15-7-4-3-5-8-15/h15H,2-14H2,1H3. The highest BCUT2D eigenvalue weighted by molar-refractivity contribution is 7.19. The minimum absolute atomic E-state index is 0.841. The summed E-state index contributed by atoms with van der Waals surface area (Å²) in [5, 5.41) is 1.39. The zero-order valence-electron chi connectivity index (χ0n) is 16.0. The molecule has 2 aromatic rings. The van der Waals surface area contributed by atoms with Crippen molar-refractivity contribution in [2.45, 2.75) is 70.8 Å². The van der Waals surface area contributed by atoms with Crippen molar-refractivity contribution in [2.75, 3.05) is 31.1 Å².